The second kappa shape index (κ2) is 7.57. The normalized spacial score (nSPS) is 30.1. The van der Waals surface area contributed by atoms with Crippen molar-refractivity contribution in [1.82, 2.24) is 9.80 Å². The van der Waals surface area contributed by atoms with Gasteiger partial charge in [-0.2, -0.15) is 0 Å². The van der Waals surface area contributed by atoms with E-state index in [1.165, 1.54) is 77.3 Å². The van der Waals surface area contributed by atoms with Crippen LogP contribution in [0.3, 0.4) is 0 Å². The number of piperazine rings is 1. The van der Waals surface area contributed by atoms with Crippen LogP contribution in [0.15, 0.2) is 23.5 Å². The summed E-state index contributed by atoms with van der Waals surface area (Å²) in [6, 6.07) is 1.44. The second-order valence-electron chi connectivity index (χ2n) is 7.31. The van der Waals surface area contributed by atoms with Gasteiger partial charge < -0.3 is 9.80 Å². The molecule has 2 aliphatic carbocycles. The molecule has 0 aromatic rings. The van der Waals surface area contributed by atoms with Crippen molar-refractivity contribution < 1.29 is 0 Å². The Morgan fingerprint density at radius 1 is 0.773 bits per heavy atom. The van der Waals surface area contributed by atoms with Gasteiger partial charge in [0.15, 0.2) is 0 Å². The highest BCUT2D eigenvalue weighted by Crippen LogP contribution is 2.32. The molecular weight excluding hydrogens is 268 g/mol. The summed E-state index contributed by atoms with van der Waals surface area (Å²) in [5.41, 5.74) is 3.32. The van der Waals surface area contributed by atoms with Gasteiger partial charge in [0.05, 0.1) is 0 Å². The molecule has 0 bridgehead atoms. The summed E-state index contributed by atoms with van der Waals surface area (Å²) in [7, 11) is 0. The number of allylic oxidation sites excluding steroid dienone is 4. The molecule has 3 rings (SSSR count). The minimum atomic E-state index is 0.718. The molecule has 1 saturated heterocycles. The summed E-state index contributed by atoms with van der Waals surface area (Å²) >= 11 is 0. The van der Waals surface area contributed by atoms with Crippen LogP contribution in [-0.2, 0) is 0 Å². The Bertz CT molecular complexity index is 383. The molecule has 2 unspecified atom stereocenters. The summed E-state index contributed by atoms with van der Waals surface area (Å²) < 4.78 is 0. The molecule has 1 aliphatic heterocycles. The monoisotopic (exact) mass is 302 g/mol. The van der Waals surface area contributed by atoms with Gasteiger partial charge in [-0.3, -0.25) is 0 Å². The Hall–Kier alpha value is -0.920. The van der Waals surface area contributed by atoms with E-state index in [0.29, 0.717) is 0 Å². The van der Waals surface area contributed by atoms with E-state index in [2.05, 4.69) is 35.8 Å². The molecule has 22 heavy (non-hydrogen) atoms. The molecular formula is C20H34N2. The highest BCUT2D eigenvalue weighted by molar-refractivity contribution is 5.13. The first-order chi connectivity index (χ1) is 10.8. The minimum Gasteiger partial charge on any atom is -0.368 e. The zero-order valence-corrected chi connectivity index (χ0v) is 14.7. The molecule has 0 aromatic carbocycles. The molecule has 1 fully saturated rings. The lowest BCUT2D eigenvalue weighted by Gasteiger charge is -2.50. The van der Waals surface area contributed by atoms with Gasteiger partial charge in [0, 0.05) is 36.6 Å². The van der Waals surface area contributed by atoms with Crippen molar-refractivity contribution in [3.8, 4) is 0 Å². The summed E-state index contributed by atoms with van der Waals surface area (Å²) in [4.78, 5) is 5.57. The molecule has 3 aliphatic rings. The van der Waals surface area contributed by atoms with Crippen LogP contribution in [0.4, 0.5) is 0 Å². The maximum Gasteiger partial charge on any atom is 0.0460 e. The van der Waals surface area contributed by atoms with Crippen molar-refractivity contribution in [2.45, 2.75) is 90.1 Å². The van der Waals surface area contributed by atoms with Crippen LogP contribution in [0.1, 0.15) is 78.1 Å². The zero-order chi connectivity index (χ0) is 15.4. The van der Waals surface area contributed by atoms with Crippen LogP contribution in [0.5, 0.6) is 0 Å². The Labute approximate surface area is 137 Å². The van der Waals surface area contributed by atoms with Crippen LogP contribution in [0.2, 0.25) is 0 Å². The lowest BCUT2D eigenvalue weighted by molar-refractivity contribution is 0.0623. The lowest BCUT2D eigenvalue weighted by atomic mass is 9.94. The number of hydrogen-bond donors (Lipinski definition) is 0. The first-order valence-electron chi connectivity index (χ1n) is 9.74. The summed E-state index contributed by atoms with van der Waals surface area (Å²) in [5.74, 6) is 0. The smallest absolute Gasteiger partial charge is 0.0460 e. The van der Waals surface area contributed by atoms with Gasteiger partial charge in [0.25, 0.3) is 0 Å². The first kappa shape index (κ1) is 16.0. The summed E-state index contributed by atoms with van der Waals surface area (Å²) in [5, 5.41) is 0. The minimum absolute atomic E-state index is 0.718. The summed E-state index contributed by atoms with van der Waals surface area (Å²) in [6.07, 6.45) is 18.4. The number of rotatable bonds is 4. The SMILES string of the molecule is CCC1CN(C2=CCCCC2)C(CC)CN1C1=CCCCC1. The first-order valence-corrected chi connectivity index (χ1v) is 9.74. The fourth-order valence-electron chi connectivity index (χ4n) is 4.52. The molecule has 1 heterocycles. The standard InChI is InChI=1S/C20H34N2/c1-3-17-15-22(20-13-9-6-10-14-20)18(4-2)16-21(17)19-11-7-5-8-12-19/h11,13,17-18H,3-10,12,14-16H2,1-2H3. The predicted octanol–water partition coefficient (Wildman–Crippen LogP) is 5.08. The van der Waals surface area contributed by atoms with E-state index in [4.69, 9.17) is 0 Å². The molecule has 0 N–H and O–H groups in total. The second-order valence-corrected chi connectivity index (χ2v) is 7.31. The van der Waals surface area contributed by atoms with Crippen molar-refractivity contribution in [2.75, 3.05) is 13.1 Å². The van der Waals surface area contributed by atoms with Gasteiger partial charge in [-0.1, -0.05) is 26.0 Å². The third-order valence-electron chi connectivity index (χ3n) is 5.91. The average molecular weight is 303 g/mol. The van der Waals surface area contributed by atoms with Gasteiger partial charge >= 0.3 is 0 Å². The maximum atomic E-state index is 2.78. The molecule has 0 amide bonds. The third kappa shape index (κ3) is 3.36. The lowest BCUT2D eigenvalue weighted by Crippen LogP contribution is -2.57. The Morgan fingerprint density at radius 3 is 1.55 bits per heavy atom. The highest BCUT2D eigenvalue weighted by atomic mass is 15.3. The van der Waals surface area contributed by atoms with Gasteiger partial charge in [0.2, 0.25) is 0 Å². The molecule has 0 aromatic heterocycles. The number of hydrogen-bond acceptors (Lipinski definition) is 2. The van der Waals surface area contributed by atoms with E-state index < -0.39 is 0 Å². The molecule has 2 nitrogen and oxygen atoms in total. The van der Waals surface area contributed by atoms with E-state index in [1.807, 2.05) is 0 Å². The van der Waals surface area contributed by atoms with Gasteiger partial charge in [-0.25, -0.2) is 0 Å². The summed E-state index contributed by atoms with van der Waals surface area (Å²) in [6.45, 7) is 7.25. The molecule has 2 heteroatoms. The fourth-order valence-corrected chi connectivity index (χ4v) is 4.52. The quantitative estimate of drug-likeness (QED) is 0.715. The van der Waals surface area contributed by atoms with Gasteiger partial charge in [0.1, 0.15) is 0 Å². The van der Waals surface area contributed by atoms with Gasteiger partial charge in [-0.05, 0) is 64.2 Å². The topological polar surface area (TPSA) is 6.48 Å². The van der Waals surface area contributed by atoms with Crippen molar-refractivity contribution in [3.05, 3.63) is 23.5 Å². The van der Waals surface area contributed by atoms with Crippen LogP contribution in [0.25, 0.3) is 0 Å². The van der Waals surface area contributed by atoms with Crippen molar-refractivity contribution in [2.24, 2.45) is 0 Å². The molecule has 0 radical (unpaired) electrons. The zero-order valence-electron chi connectivity index (χ0n) is 14.7. The predicted molar refractivity (Wildman–Crippen MR) is 94.7 cm³/mol. The Morgan fingerprint density at radius 2 is 1.23 bits per heavy atom. The average Bonchev–Trinajstić information content (AvgIpc) is 2.62. The van der Waals surface area contributed by atoms with Crippen LogP contribution in [-0.4, -0.2) is 35.0 Å². The molecule has 0 spiro atoms. The largest absolute Gasteiger partial charge is 0.368 e. The molecule has 124 valence electrons. The highest BCUT2D eigenvalue weighted by Gasteiger charge is 2.34. The molecule has 2 atom stereocenters. The van der Waals surface area contributed by atoms with Crippen LogP contribution in [0, 0.1) is 0 Å². The van der Waals surface area contributed by atoms with Gasteiger partial charge in [-0.15, -0.1) is 0 Å². The van der Waals surface area contributed by atoms with Crippen LogP contribution >= 0.6 is 0 Å². The van der Waals surface area contributed by atoms with E-state index in [1.54, 1.807) is 11.4 Å². The Kier molecular flexibility index (Phi) is 5.49. The van der Waals surface area contributed by atoms with Crippen molar-refractivity contribution in [1.29, 1.82) is 0 Å². The van der Waals surface area contributed by atoms with E-state index >= 15 is 0 Å². The van der Waals surface area contributed by atoms with E-state index in [-0.39, 0.29) is 0 Å². The van der Waals surface area contributed by atoms with Crippen molar-refractivity contribution in [3.63, 3.8) is 0 Å². The third-order valence-corrected chi connectivity index (χ3v) is 5.91. The Balaban J connectivity index is 1.76. The van der Waals surface area contributed by atoms with E-state index in [0.717, 1.165) is 12.1 Å². The molecule has 0 saturated carbocycles. The maximum absolute atomic E-state index is 2.78. The van der Waals surface area contributed by atoms with E-state index in [9.17, 15) is 0 Å². The van der Waals surface area contributed by atoms with Crippen molar-refractivity contribution >= 4 is 0 Å². The van der Waals surface area contributed by atoms with Crippen LogP contribution < -0.4 is 0 Å². The fraction of sp³-hybridized carbons (Fsp3) is 0.800. The number of nitrogens with zero attached hydrogens (tertiary/aromatic N) is 2.